The summed E-state index contributed by atoms with van der Waals surface area (Å²) in [5, 5.41) is 10.2. The molecule has 2 heterocycles. The minimum atomic E-state index is -0.204. The summed E-state index contributed by atoms with van der Waals surface area (Å²) in [5.74, 6) is 0.265. The Morgan fingerprint density at radius 1 is 1.28 bits per heavy atom. The molecule has 0 aliphatic carbocycles. The summed E-state index contributed by atoms with van der Waals surface area (Å²) < 4.78 is 1.55. The van der Waals surface area contributed by atoms with Crippen LogP contribution in [0.3, 0.4) is 0 Å². The maximum Gasteiger partial charge on any atom is 0.253 e. The molecule has 2 N–H and O–H groups in total. The van der Waals surface area contributed by atoms with Gasteiger partial charge >= 0.3 is 0 Å². The van der Waals surface area contributed by atoms with E-state index in [1.807, 2.05) is 6.92 Å². The quantitative estimate of drug-likeness (QED) is 0.651. The summed E-state index contributed by atoms with van der Waals surface area (Å²) >= 11 is 1.22. The number of hydrogen-bond donors (Lipinski definition) is 2. The molecule has 25 heavy (non-hydrogen) atoms. The normalized spacial score (nSPS) is 10.6. The van der Waals surface area contributed by atoms with Crippen LogP contribution >= 0.6 is 11.8 Å². The Kier molecular flexibility index (Phi) is 5.24. The smallest absolute Gasteiger partial charge is 0.253 e. The molecule has 0 radical (unpaired) electrons. The summed E-state index contributed by atoms with van der Waals surface area (Å²) in [6.07, 6.45) is 3.37. The zero-order valence-corrected chi connectivity index (χ0v) is 14.3. The van der Waals surface area contributed by atoms with Gasteiger partial charge in [-0.2, -0.15) is 4.98 Å². The molecule has 0 saturated carbocycles. The molecule has 0 bridgehead atoms. The number of amides is 2. The number of aromatic nitrogens is 4. The summed E-state index contributed by atoms with van der Waals surface area (Å²) in [6.45, 7) is 2.40. The van der Waals surface area contributed by atoms with E-state index >= 15 is 0 Å². The van der Waals surface area contributed by atoms with Crippen molar-refractivity contribution in [3.05, 3.63) is 48.3 Å². The number of carbonyl (C=O) groups is 2. The van der Waals surface area contributed by atoms with Crippen molar-refractivity contribution in [2.75, 3.05) is 17.6 Å². The molecular formula is C16H16N6O2S. The second-order valence-electron chi connectivity index (χ2n) is 5.04. The number of nitrogens with zero attached hydrogens (tertiary/aromatic N) is 4. The lowest BCUT2D eigenvalue weighted by atomic mass is 10.2. The third-order valence-corrected chi connectivity index (χ3v) is 4.01. The van der Waals surface area contributed by atoms with Crippen molar-refractivity contribution < 1.29 is 9.59 Å². The van der Waals surface area contributed by atoms with Crippen LogP contribution in [-0.4, -0.2) is 43.7 Å². The van der Waals surface area contributed by atoms with Crippen molar-refractivity contribution in [1.82, 2.24) is 24.9 Å². The van der Waals surface area contributed by atoms with Gasteiger partial charge in [0.2, 0.25) is 11.1 Å². The number of hydrogen-bond acceptors (Lipinski definition) is 6. The van der Waals surface area contributed by atoms with E-state index in [1.165, 1.54) is 11.8 Å². The van der Waals surface area contributed by atoms with Gasteiger partial charge in [0.15, 0.2) is 0 Å². The number of carbonyl (C=O) groups excluding carboxylic acids is 2. The van der Waals surface area contributed by atoms with E-state index in [1.54, 1.807) is 47.2 Å². The van der Waals surface area contributed by atoms with Crippen molar-refractivity contribution >= 4 is 35.0 Å². The third kappa shape index (κ3) is 4.32. The largest absolute Gasteiger partial charge is 0.352 e. The summed E-state index contributed by atoms with van der Waals surface area (Å²) in [6, 6.07) is 8.55. The SMILES string of the molecule is CCNC(=O)c1cccc(NC(=O)CSc2nc3ncccn3n2)c1. The molecule has 0 unspecified atom stereocenters. The number of thioether (sulfide) groups is 1. The van der Waals surface area contributed by atoms with Gasteiger partial charge in [0.25, 0.3) is 11.7 Å². The fourth-order valence-corrected chi connectivity index (χ4v) is 2.73. The second-order valence-corrected chi connectivity index (χ2v) is 5.98. The van der Waals surface area contributed by atoms with Crippen molar-refractivity contribution in [2.24, 2.45) is 0 Å². The molecule has 3 aromatic rings. The summed E-state index contributed by atoms with van der Waals surface area (Å²) in [5.41, 5.74) is 1.07. The molecule has 1 aromatic carbocycles. The van der Waals surface area contributed by atoms with Crippen molar-refractivity contribution in [3.8, 4) is 0 Å². The average molecular weight is 356 g/mol. The summed E-state index contributed by atoms with van der Waals surface area (Å²) in [7, 11) is 0. The fourth-order valence-electron chi connectivity index (χ4n) is 2.10. The van der Waals surface area contributed by atoms with Crippen LogP contribution in [0.15, 0.2) is 47.9 Å². The van der Waals surface area contributed by atoms with Crippen LogP contribution in [0.2, 0.25) is 0 Å². The van der Waals surface area contributed by atoms with Crippen LogP contribution in [0.25, 0.3) is 5.78 Å². The van der Waals surface area contributed by atoms with Crippen LogP contribution < -0.4 is 10.6 Å². The number of anilines is 1. The van der Waals surface area contributed by atoms with E-state index in [0.29, 0.717) is 28.7 Å². The zero-order valence-electron chi connectivity index (χ0n) is 13.5. The van der Waals surface area contributed by atoms with Crippen LogP contribution in [0.1, 0.15) is 17.3 Å². The first-order chi connectivity index (χ1) is 12.2. The molecule has 2 aromatic heterocycles. The van der Waals surface area contributed by atoms with Gasteiger partial charge in [0.05, 0.1) is 5.75 Å². The Morgan fingerprint density at radius 3 is 2.96 bits per heavy atom. The van der Waals surface area contributed by atoms with E-state index in [2.05, 4.69) is 25.7 Å². The van der Waals surface area contributed by atoms with Gasteiger partial charge < -0.3 is 10.6 Å². The van der Waals surface area contributed by atoms with Gasteiger partial charge in [-0.15, -0.1) is 5.10 Å². The van der Waals surface area contributed by atoms with Crippen LogP contribution in [0.5, 0.6) is 0 Å². The van der Waals surface area contributed by atoms with E-state index in [9.17, 15) is 9.59 Å². The van der Waals surface area contributed by atoms with Gasteiger partial charge in [0, 0.05) is 30.2 Å². The average Bonchev–Trinajstić information content (AvgIpc) is 3.03. The van der Waals surface area contributed by atoms with E-state index < -0.39 is 0 Å². The Balaban J connectivity index is 1.59. The summed E-state index contributed by atoms with van der Waals surface area (Å²) in [4.78, 5) is 32.2. The molecule has 3 rings (SSSR count). The van der Waals surface area contributed by atoms with Crippen LogP contribution in [0, 0.1) is 0 Å². The van der Waals surface area contributed by atoms with Gasteiger partial charge in [-0.25, -0.2) is 9.50 Å². The molecule has 2 amide bonds. The van der Waals surface area contributed by atoms with Crippen LogP contribution in [0.4, 0.5) is 5.69 Å². The van der Waals surface area contributed by atoms with Crippen molar-refractivity contribution in [2.45, 2.75) is 12.1 Å². The maximum atomic E-state index is 12.1. The lowest BCUT2D eigenvalue weighted by Crippen LogP contribution is -2.23. The number of fused-ring (bicyclic) bond motifs is 1. The Labute approximate surface area is 148 Å². The minimum absolute atomic E-state index is 0.155. The standard InChI is InChI=1S/C16H16N6O2S/c1-2-17-14(24)11-5-3-6-12(9-11)19-13(23)10-25-16-20-15-18-7-4-8-22(15)21-16/h3-9H,2,10H2,1H3,(H,17,24)(H,19,23). The van der Waals surface area contributed by atoms with Crippen molar-refractivity contribution in [1.29, 1.82) is 0 Å². The lowest BCUT2D eigenvalue weighted by Gasteiger charge is -2.07. The predicted octanol–water partition coefficient (Wildman–Crippen LogP) is 1.60. The molecule has 128 valence electrons. The highest BCUT2D eigenvalue weighted by molar-refractivity contribution is 7.99. The minimum Gasteiger partial charge on any atom is -0.352 e. The lowest BCUT2D eigenvalue weighted by molar-refractivity contribution is -0.113. The molecule has 0 saturated heterocycles. The number of nitrogens with one attached hydrogen (secondary N) is 2. The molecule has 0 aliphatic rings. The van der Waals surface area contributed by atoms with E-state index in [4.69, 9.17) is 0 Å². The third-order valence-electron chi connectivity index (χ3n) is 3.18. The molecule has 0 aliphatic heterocycles. The van der Waals surface area contributed by atoms with Gasteiger partial charge in [-0.3, -0.25) is 9.59 Å². The van der Waals surface area contributed by atoms with Gasteiger partial charge in [-0.05, 0) is 31.2 Å². The molecular weight excluding hydrogens is 340 g/mol. The highest BCUT2D eigenvalue weighted by Gasteiger charge is 2.10. The zero-order chi connectivity index (χ0) is 17.6. The predicted molar refractivity (Wildman–Crippen MR) is 94.6 cm³/mol. The molecule has 0 atom stereocenters. The topological polar surface area (TPSA) is 101 Å². The number of benzene rings is 1. The van der Waals surface area contributed by atoms with Gasteiger partial charge in [0.1, 0.15) is 0 Å². The fraction of sp³-hybridized carbons (Fsp3) is 0.188. The first-order valence-corrected chi connectivity index (χ1v) is 8.62. The van der Waals surface area contributed by atoms with E-state index in [0.717, 1.165) is 0 Å². The molecule has 8 nitrogen and oxygen atoms in total. The highest BCUT2D eigenvalue weighted by Crippen LogP contribution is 2.15. The Hall–Kier alpha value is -2.94. The van der Waals surface area contributed by atoms with Crippen molar-refractivity contribution in [3.63, 3.8) is 0 Å². The van der Waals surface area contributed by atoms with Crippen LogP contribution in [-0.2, 0) is 4.79 Å². The van der Waals surface area contributed by atoms with E-state index in [-0.39, 0.29) is 17.6 Å². The first-order valence-electron chi connectivity index (χ1n) is 7.64. The van der Waals surface area contributed by atoms with Gasteiger partial charge in [-0.1, -0.05) is 17.8 Å². The highest BCUT2D eigenvalue weighted by atomic mass is 32.2. The first kappa shape index (κ1) is 16.9. The monoisotopic (exact) mass is 356 g/mol. The molecule has 0 spiro atoms. The molecule has 9 heteroatoms. The Bertz CT molecular complexity index is 877. The Morgan fingerprint density at radius 2 is 2.16 bits per heavy atom. The maximum absolute atomic E-state index is 12.1. The second kappa shape index (κ2) is 7.75. The molecule has 0 fully saturated rings. The number of rotatable bonds is 6.